The molecule has 4 N–H and O–H groups in total. The van der Waals surface area contributed by atoms with Gasteiger partial charge in [0.1, 0.15) is 6.61 Å². The SMILES string of the molecule is NNC(=O)C12CCC(NC(=O)OCc3ccccc3)(CC1)CC2. The second-order valence-corrected chi connectivity index (χ2v) is 6.72. The first kappa shape index (κ1) is 15.8. The van der Waals surface area contributed by atoms with Crippen LogP contribution in [0.2, 0.25) is 0 Å². The summed E-state index contributed by atoms with van der Waals surface area (Å²) in [4.78, 5) is 24.1. The van der Waals surface area contributed by atoms with E-state index in [2.05, 4.69) is 10.7 Å². The predicted molar refractivity (Wildman–Crippen MR) is 85.0 cm³/mol. The lowest BCUT2D eigenvalue weighted by Gasteiger charge is -2.52. The highest BCUT2D eigenvalue weighted by Gasteiger charge is 2.52. The van der Waals surface area contributed by atoms with Gasteiger partial charge >= 0.3 is 6.09 Å². The van der Waals surface area contributed by atoms with Gasteiger partial charge in [0.05, 0.1) is 5.41 Å². The maximum Gasteiger partial charge on any atom is 0.407 e. The summed E-state index contributed by atoms with van der Waals surface area (Å²) in [5, 5.41) is 3.04. The van der Waals surface area contributed by atoms with Crippen molar-refractivity contribution >= 4 is 12.0 Å². The van der Waals surface area contributed by atoms with E-state index in [0.29, 0.717) is 0 Å². The van der Waals surface area contributed by atoms with E-state index in [4.69, 9.17) is 10.6 Å². The summed E-state index contributed by atoms with van der Waals surface area (Å²) in [5.41, 5.74) is 2.68. The van der Waals surface area contributed by atoms with Crippen LogP contribution < -0.4 is 16.6 Å². The maximum absolute atomic E-state index is 12.1. The smallest absolute Gasteiger partial charge is 0.407 e. The second-order valence-electron chi connectivity index (χ2n) is 6.72. The molecule has 2 bridgehead atoms. The summed E-state index contributed by atoms with van der Waals surface area (Å²) in [5.74, 6) is 5.23. The Kier molecular flexibility index (Phi) is 4.26. The largest absolute Gasteiger partial charge is 0.445 e. The zero-order valence-corrected chi connectivity index (χ0v) is 13.1. The number of nitrogens with one attached hydrogen (secondary N) is 2. The summed E-state index contributed by atoms with van der Waals surface area (Å²) in [6.07, 6.45) is 4.27. The third kappa shape index (κ3) is 3.17. The molecule has 0 radical (unpaired) electrons. The van der Waals surface area contributed by atoms with Gasteiger partial charge in [0.15, 0.2) is 0 Å². The molecule has 0 aliphatic heterocycles. The average Bonchev–Trinajstić information content (AvgIpc) is 2.61. The van der Waals surface area contributed by atoms with E-state index in [1.807, 2.05) is 30.3 Å². The normalized spacial score (nSPS) is 28.9. The van der Waals surface area contributed by atoms with Crippen molar-refractivity contribution in [3.8, 4) is 0 Å². The number of carbonyl (C=O) groups is 2. The van der Waals surface area contributed by atoms with Crippen molar-refractivity contribution in [3.63, 3.8) is 0 Å². The van der Waals surface area contributed by atoms with Gasteiger partial charge in [-0.15, -0.1) is 0 Å². The molecule has 0 spiro atoms. The number of carbonyl (C=O) groups excluding carboxylic acids is 2. The Morgan fingerprint density at radius 1 is 1.04 bits per heavy atom. The molecule has 3 saturated carbocycles. The number of fused-ring (bicyclic) bond motifs is 3. The van der Waals surface area contributed by atoms with Gasteiger partial charge in [-0.3, -0.25) is 10.2 Å². The van der Waals surface area contributed by atoms with Crippen LogP contribution in [0, 0.1) is 5.41 Å². The Labute approximate surface area is 135 Å². The number of rotatable bonds is 4. The van der Waals surface area contributed by atoms with Crippen molar-refractivity contribution in [3.05, 3.63) is 35.9 Å². The Balaban J connectivity index is 1.53. The molecule has 2 amide bonds. The number of nitrogens with two attached hydrogens (primary N) is 1. The van der Waals surface area contributed by atoms with Gasteiger partial charge in [-0.25, -0.2) is 10.6 Å². The predicted octanol–water partition coefficient (Wildman–Crippen LogP) is 2.00. The van der Waals surface area contributed by atoms with Gasteiger partial charge in [0.25, 0.3) is 0 Å². The lowest BCUT2D eigenvalue weighted by atomic mass is 9.57. The molecule has 6 nitrogen and oxygen atoms in total. The fourth-order valence-electron chi connectivity index (χ4n) is 3.84. The van der Waals surface area contributed by atoms with Crippen LogP contribution in [-0.4, -0.2) is 17.5 Å². The van der Waals surface area contributed by atoms with Crippen LogP contribution >= 0.6 is 0 Å². The molecule has 1 aromatic rings. The monoisotopic (exact) mass is 317 g/mol. The van der Waals surface area contributed by atoms with Gasteiger partial charge in [-0.05, 0) is 44.1 Å². The molecule has 0 atom stereocenters. The van der Waals surface area contributed by atoms with E-state index < -0.39 is 0 Å². The number of hydrogen-bond donors (Lipinski definition) is 3. The number of hydrogen-bond acceptors (Lipinski definition) is 4. The maximum atomic E-state index is 12.1. The molecule has 0 unspecified atom stereocenters. The molecule has 3 fully saturated rings. The first-order valence-corrected chi connectivity index (χ1v) is 8.08. The summed E-state index contributed by atoms with van der Waals surface area (Å²) >= 11 is 0. The van der Waals surface area contributed by atoms with E-state index in [9.17, 15) is 9.59 Å². The summed E-state index contributed by atoms with van der Waals surface area (Å²) < 4.78 is 5.32. The number of amides is 2. The minimum Gasteiger partial charge on any atom is -0.445 e. The third-order valence-electron chi connectivity index (χ3n) is 5.44. The minimum atomic E-state index is -0.383. The quantitative estimate of drug-likeness (QED) is 0.450. The number of benzene rings is 1. The Bertz CT molecular complexity index is 563. The molecule has 124 valence electrons. The summed E-state index contributed by atoms with van der Waals surface area (Å²) in [7, 11) is 0. The number of hydrazine groups is 1. The van der Waals surface area contributed by atoms with Crippen LogP contribution in [-0.2, 0) is 16.1 Å². The van der Waals surface area contributed by atoms with Gasteiger partial charge in [-0.2, -0.15) is 0 Å². The molecule has 6 heteroatoms. The molecule has 3 aliphatic rings. The van der Waals surface area contributed by atoms with Gasteiger partial charge < -0.3 is 10.1 Å². The Hall–Kier alpha value is -2.08. The molecule has 1 aromatic carbocycles. The third-order valence-corrected chi connectivity index (χ3v) is 5.44. The van der Waals surface area contributed by atoms with Crippen LogP contribution in [0.15, 0.2) is 30.3 Å². The number of ether oxygens (including phenoxy) is 1. The van der Waals surface area contributed by atoms with E-state index in [1.165, 1.54) is 0 Å². The minimum absolute atomic E-state index is 0.0718. The molecule has 23 heavy (non-hydrogen) atoms. The first-order chi connectivity index (χ1) is 11.1. The van der Waals surface area contributed by atoms with Crippen molar-refractivity contribution < 1.29 is 14.3 Å². The van der Waals surface area contributed by atoms with E-state index in [0.717, 1.165) is 44.1 Å². The van der Waals surface area contributed by atoms with E-state index in [-0.39, 0.29) is 29.6 Å². The van der Waals surface area contributed by atoms with Gasteiger partial charge in [0, 0.05) is 5.54 Å². The van der Waals surface area contributed by atoms with Crippen molar-refractivity contribution in [1.29, 1.82) is 0 Å². The highest BCUT2D eigenvalue weighted by Crippen LogP contribution is 2.52. The Morgan fingerprint density at radius 2 is 1.65 bits per heavy atom. The second kappa shape index (κ2) is 6.20. The highest BCUT2D eigenvalue weighted by atomic mass is 16.5. The standard InChI is InChI=1S/C17H23N3O3/c18-20-14(21)16-6-9-17(10-7-16,11-8-16)19-15(22)23-12-13-4-2-1-3-5-13/h1-5H,6-12,18H2,(H,19,22)(H,20,21). The van der Waals surface area contributed by atoms with Crippen LogP contribution in [0.5, 0.6) is 0 Å². The van der Waals surface area contributed by atoms with Crippen molar-refractivity contribution in [1.82, 2.24) is 10.7 Å². The fourth-order valence-corrected chi connectivity index (χ4v) is 3.84. The summed E-state index contributed by atoms with van der Waals surface area (Å²) in [6.45, 7) is 0.266. The molecular weight excluding hydrogens is 294 g/mol. The van der Waals surface area contributed by atoms with Gasteiger partial charge in [-0.1, -0.05) is 30.3 Å². The van der Waals surface area contributed by atoms with Crippen LogP contribution in [0.25, 0.3) is 0 Å². The Morgan fingerprint density at radius 3 is 2.22 bits per heavy atom. The van der Waals surface area contributed by atoms with E-state index in [1.54, 1.807) is 0 Å². The lowest BCUT2D eigenvalue weighted by molar-refractivity contribution is -0.138. The lowest BCUT2D eigenvalue weighted by Crippen LogP contribution is -2.60. The zero-order valence-electron chi connectivity index (χ0n) is 13.1. The molecule has 0 saturated heterocycles. The van der Waals surface area contributed by atoms with Gasteiger partial charge in [0.2, 0.25) is 5.91 Å². The molecule has 0 aromatic heterocycles. The van der Waals surface area contributed by atoms with Crippen molar-refractivity contribution in [2.24, 2.45) is 11.3 Å². The van der Waals surface area contributed by atoms with Crippen LogP contribution in [0.3, 0.4) is 0 Å². The molecule has 0 heterocycles. The highest BCUT2D eigenvalue weighted by molar-refractivity contribution is 5.82. The van der Waals surface area contributed by atoms with Crippen molar-refractivity contribution in [2.45, 2.75) is 50.7 Å². The number of alkyl carbamates (subject to hydrolysis) is 1. The van der Waals surface area contributed by atoms with Crippen LogP contribution in [0.1, 0.15) is 44.1 Å². The van der Waals surface area contributed by atoms with Crippen molar-refractivity contribution in [2.75, 3.05) is 0 Å². The topological polar surface area (TPSA) is 93.5 Å². The molecular formula is C17H23N3O3. The summed E-state index contributed by atoms with van der Waals surface area (Å²) in [6, 6.07) is 9.61. The average molecular weight is 317 g/mol. The molecule has 4 rings (SSSR count). The zero-order chi connectivity index (χ0) is 16.3. The first-order valence-electron chi connectivity index (χ1n) is 8.08. The fraction of sp³-hybridized carbons (Fsp3) is 0.529. The van der Waals surface area contributed by atoms with E-state index >= 15 is 0 Å². The van der Waals surface area contributed by atoms with Crippen LogP contribution in [0.4, 0.5) is 4.79 Å². The molecule has 3 aliphatic carbocycles.